The smallest absolute Gasteiger partial charge is 0.244 e. The van der Waals surface area contributed by atoms with Gasteiger partial charge in [0, 0.05) is 17.7 Å². The summed E-state index contributed by atoms with van der Waals surface area (Å²) in [5.74, 6) is 0.148. The number of rotatable bonds is 6. The van der Waals surface area contributed by atoms with Crippen LogP contribution < -0.4 is 10.1 Å². The molecule has 0 aliphatic heterocycles. The predicted octanol–water partition coefficient (Wildman–Crippen LogP) is 1.99. The van der Waals surface area contributed by atoms with Crippen molar-refractivity contribution in [2.75, 3.05) is 6.61 Å². The molecule has 2 heterocycles. The summed E-state index contributed by atoms with van der Waals surface area (Å²) in [5, 5.41) is 14.9. The summed E-state index contributed by atoms with van der Waals surface area (Å²) >= 11 is 0. The number of aromatic nitrogens is 4. The zero-order chi connectivity index (χ0) is 17.6. The monoisotopic (exact) mass is 341 g/mol. The number of benzene rings is 1. The minimum absolute atomic E-state index is 0.129. The number of carbonyl (C=O) groups excluding carboxylic acids is 1. The molecule has 0 unspecified atom stereocenters. The van der Waals surface area contributed by atoms with E-state index in [-0.39, 0.29) is 18.3 Å². The number of nitrogens with one attached hydrogen (secondary N) is 1. The molecule has 0 atom stereocenters. The summed E-state index contributed by atoms with van der Waals surface area (Å²) in [6.07, 6.45) is 2.68. The Bertz CT molecular complexity index is 922. The summed E-state index contributed by atoms with van der Waals surface area (Å²) in [6.45, 7) is 2.48. The second kappa shape index (κ2) is 7.52. The molecule has 0 spiro atoms. The van der Waals surface area contributed by atoms with Crippen molar-refractivity contribution in [1.29, 1.82) is 0 Å². The van der Waals surface area contributed by atoms with E-state index in [4.69, 9.17) is 4.74 Å². The Labute approximate surface area is 143 Å². The van der Waals surface area contributed by atoms with Crippen molar-refractivity contribution in [2.24, 2.45) is 0 Å². The lowest BCUT2D eigenvalue weighted by molar-refractivity contribution is -0.116. The highest BCUT2D eigenvalue weighted by Crippen LogP contribution is 2.10. The SMILES string of the molecule is CCOc1ccc2nnc(CNC(=O)/C=C\c3ccccc3F)n2n1. The second-order valence-electron chi connectivity index (χ2n) is 5.06. The first-order chi connectivity index (χ1) is 12.2. The molecular weight excluding hydrogens is 325 g/mol. The van der Waals surface area contributed by atoms with Crippen LogP contribution in [-0.4, -0.2) is 32.3 Å². The van der Waals surface area contributed by atoms with Gasteiger partial charge in [0.2, 0.25) is 11.8 Å². The second-order valence-corrected chi connectivity index (χ2v) is 5.06. The van der Waals surface area contributed by atoms with Crippen LogP contribution in [0.2, 0.25) is 0 Å². The molecule has 1 amide bonds. The molecule has 0 aliphatic carbocycles. The molecule has 3 rings (SSSR count). The highest BCUT2D eigenvalue weighted by Gasteiger charge is 2.09. The maximum absolute atomic E-state index is 13.5. The van der Waals surface area contributed by atoms with E-state index in [0.29, 0.717) is 29.5 Å². The summed E-state index contributed by atoms with van der Waals surface area (Å²) in [5.41, 5.74) is 0.892. The van der Waals surface area contributed by atoms with Gasteiger partial charge < -0.3 is 10.1 Å². The molecule has 3 aromatic rings. The van der Waals surface area contributed by atoms with Crippen molar-refractivity contribution in [2.45, 2.75) is 13.5 Å². The van der Waals surface area contributed by atoms with E-state index in [0.717, 1.165) is 0 Å². The lowest BCUT2D eigenvalue weighted by Crippen LogP contribution is -2.22. The van der Waals surface area contributed by atoms with Crippen LogP contribution in [0.25, 0.3) is 11.7 Å². The lowest BCUT2D eigenvalue weighted by atomic mass is 10.2. The van der Waals surface area contributed by atoms with Gasteiger partial charge in [0.05, 0.1) is 13.2 Å². The Morgan fingerprint density at radius 3 is 2.92 bits per heavy atom. The number of hydrogen-bond donors (Lipinski definition) is 1. The first-order valence-corrected chi connectivity index (χ1v) is 7.72. The number of halogens is 1. The molecule has 0 aliphatic rings. The van der Waals surface area contributed by atoms with Crippen molar-refractivity contribution in [3.63, 3.8) is 0 Å². The average molecular weight is 341 g/mol. The van der Waals surface area contributed by atoms with E-state index in [9.17, 15) is 9.18 Å². The van der Waals surface area contributed by atoms with E-state index in [1.807, 2.05) is 6.92 Å². The van der Waals surface area contributed by atoms with Gasteiger partial charge in [-0.25, -0.2) is 4.39 Å². The van der Waals surface area contributed by atoms with Gasteiger partial charge in [-0.2, -0.15) is 4.52 Å². The zero-order valence-corrected chi connectivity index (χ0v) is 13.5. The summed E-state index contributed by atoms with van der Waals surface area (Å²) in [7, 11) is 0. The molecule has 0 bridgehead atoms. The Balaban J connectivity index is 1.67. The molecule has 2 aromatic heterocycles. The Morgan fingerprint density at radius 1 is 1.28 bits per heavy atom. The molecule has 128 valence electrons. The fourth-order valence-corrected chi connectivity index (χ4v) is 2.15. The van der Waals surface area contributed by atoms with Crippen LogP contribution in [0.15, 0.2) is 42.5 Å². The van der Waals surface area contributed by atoms with Gasteiger partial charge in [-0.1, -0.05) is 18.2 Å². The third-order valence-corrected chi connectivity index (χ3v) is 3.34. The van der Waals surface area contributed by atoms with Crippen molar-refractivity contribution in [3.8, 4) is 5.88 Å². The number of hydrogen-bond acceptors (Lipinski definition) is 5. The molecule has 8 heteroatoms. The van der Waals surface area contributed by atoms with Crippen LogP contribution in [-0.2, 0) is 11.3 Å². The van der Waals surface area contributed by atoms with Crippen molar-refractivity contribution >= 4 is 17.6 Å². The van der Waals surface area contributed by atoms with Crippen LogP contribution in [0, 0.1) is 5.82 Å². The minimum atomic E-state index is -0.386. The van der Waals surface area contributed by atoms with E-state index >= 15 is 0 Å². The first kappa shape index (κ1) is 16.6. The molecule has 1 N–H and O–H groups in total. The zero-order valence-electron chi connectivity index (χ0n) is 13.5. The van der Waals surface area contributed by atoms with Gasteiger partial charge in [0.15, 0.2) is 11.5 Å². The maximum atomic E-state index is 13.5. The molecule has 25 heavy (non-hydrogen) atoms. The number of ether oxygens (including phenoxy) is 1. The highest BCUT2D eigenvalue weighted by molar-refractivity contribution is 5.91. The largest absolute Gasteiger partial charge is 0.477 e. The van der Waals surface area contributed by atoms with Crippen LogP contribution in [0.3, 0.4) is 0 Å². The number of fused-ring (bicyclic) bond motifs is 1. The number of amides is 1. The summed E-state index contributed by atoms with van der Waals surface area (Å²) in [4.78, 5) is 11.9. The number of carbonyl (C=O) groups is 1. The fraction of sp³-hybridized carbons (Fsp3) is 0.176. The third-order valence-electron chi connectivity index (χ3n) is 3.34. The van der Waals surface area contributed by atoms with Crippen LogP contribution in [0.1, 0.15) is 18.3 Å². The van der Waals surface area contributed by atoms with E-state index in [1.165, 1.54) is 22.7 Å². The molecule has 7 nitrogen and oxygen atoms in total. The highest BCUT2D eigenvalue weighted by atomic mass is 19.1. The van der Waals surface area contributed by atoms with Crippen molar-refractivity contribution in [3.05, 3.63) is 59.7 Å². The quantitative estimate of drug-likeness (QED) is 0.694. The summed E-state index contributed by atoms with van der Waals surface area (Å²) < 4.78 is 20.3. The summed E-state index contributed by atoms with van der Waals surface area (Å²) in [6, 6.07) is 9.64. The third kappa shape index (κ3) is 3.97. The van der Waals surface area contributed by atoms with Crippen LogP contribution >= 0.6 is 0 Å². The standard InChI is InChI=1S/C17H16FN5O2/c1-2-25-17-10-8-14-20-21-15(23(14)22-17)11-19-16(24)9-7-12-5-3-4-6-13(12)18/h3-10H,2,11H2,1H3,(H,19,24)/b9-7-. The molecule has 0 fully saturated rings. The number of nitrogens with zero attached hydrogens (tertiary/aromatic N) is 4. The van der Waals surface area contributed by atoms with Gasteiger partial charge >= 0.3 is 0 Å². The van der Waals surface area contributed by atoms with Gasteiger partial charge in [-0.05, 0) is 25.1 Å². The topological polar surface area (TPSA) is 81.4 Å². The Morgan fingerprint density at radius 2 is 2.12 bits per heavy atom. The first-order valence-electron chi connectivity index (χ1n) is 7.72. The van der Waals surface area contributed by atoms with E-state index in [2.05, 4.69) is 20.6 Å². The van der Waals surface area contributed by atoms with Crippen molar-refractivity contribution < 1.29 is 13.9 Å². The predicted molar refractivity (Wildman–Crippen MR) is 89.2 cm³/mol. The Kier molecular flexibility index (Phi) is 4.98. The maximum Gasteiger partial charge on any atom is 0.244 e. The van der Waals surface area contributed by atoms with E-state index < -0.39 is 0 Å². The molecule has 0 saturated heterocycles. The molecule has 0 saturated carbocycles. The lowest BCUT2D eigenvalue weighted by Gasteiger charge is -2.03. The Hall–Kier alpha value is -3.29. The van der Waals surface area contributed by atoms with Gasteiger partial charge in [-0.15, -0.1) is 15.3 Å². The normalized spacial score (nSPS) is 11.1. The van der Waals surface area contributed by atoms with E-state index in [1.54, 1.807) is 30.3 Å². The van der Waals surface area contributed by atoms with Gasteiger partial charge in [0.1, 0.15) is 5.82 Å². The fourth-order valence-electron chi connectivity index (χ4n) is 2.15. The van der Waals surface area contributed by atoms with Crippen LogP contribution in [0.5, 0.6) is 5.88 Å². The molecule has 0 radical (unpaired) electrons. The van der Waals surface area contributed by atoms with Gasteiger partial charge in [-0.3, -0.25) is 4.79 Å². The molecular formula is C17H16FN5O2. The van der Waals surface area contributed by atoms with Gasteiger partial charge in [0.25, 0.3) is 0 Å². The average Bonchev–Trinajstić information content (AvgIpc) is 3.02. The van der Waals surface area contributed by atoms with Crippen molar-refractivity contribution in [1.82, 2.24) is 25.1 Å². The van der Waals surface area contributed by atoms with Crippen LogP contribution in [0.4, 0.5) is 4.39 Å². The minimum Gasteiger partial charge on any atom is -0.477 e. The molecule has 1 aromatic carbocycles.